The number of hydrogen-bond acceptors (Lipinski definition) is 0. The number of quaternary nitrogens is 1. The lowest BCUT2D eigenvalue weighted by atomic mass is 9.92. The van der Waals surface area contributed by atoms with E-state index in [9.17, 15) is 0 Å². The van der Waals surface area contributed by atoms with Crippen molar-refractivity contribution < 1.29 is 9.60 Å². The molecule has 1 saturated heterocycles. The lowest BCUT2D eigenvalue weighted by molar-refractivity contribution is -0.906. The molecule has 0 bridgehead atoms. The fourth-order valence-corrected chi connectivity index (χ4v) is 3.54. The van der Waals surface area contributed by atoms with Gasteiger partial charge < -0.3 is 9.60 Å². The molecule has 122 valence electrons. The van der Waals surface area contributed by atoms with Gasteiger partial charge in [-0.1, -0.05) is 65.2 Å². The van der Waals surface area contributed by atoms with E-state index in [1.165, 1.54) is 96.7 Å². The third-order valence-corrected chi connectivity index (χ3v) is 4.89. The zero-order chi connectivity index (χ0) is 13.8. The highest BCUT2D eigenvalue weighted by Crippen LogP contribution is 2.15. The Morgan fingerprint density at radius 2 is 1.30 bits per heavy atom. The molecule has 0 aromatic rings. The van der Waals surface area contributed by atoms with E-state index in [1.807, 2.05) is 4.90 Å². The Kier molecular flexibility index (Phi) is 13.8. The number of piperidine rings is 1. The van der Waals surface area contributed by atoms with Crippen LogP contribution < -0.4 is 9.60 Å². The number of hydrogen-bond donors (Lipinski definition) is 1. The molecule has 0 spiro atoms. The second-order valence-corrected chi connectivity index (χ2v) is 6.71. The minimum atomic E-state index is 0. The summed E-state index contributed by atoms with van der Waals surface area (Å²) < 4.78 is 0. The van der Waals surface area contributed by atoms with Gasteiger partial charge in [0, 0.05) is 0 Å². The van der Waals surface area contributed by atoms with E-state index in [0.29, 0.717) is 0 Å². The van der Waals surface area contributed by atoms with Crippen LogP contribution in [-0.4, -0.2) is 19.6 Å². The predicted octanol–water partition coefficient (Wildman–Crippen LogP) is 1.23. The molecule has 1 aliphatic heterocycles. The molecule has 1 nitrogen and oxygen atoms in total. The molecule has 2 heteroatoms. The summed E-state index contributed by atoms with van der Waals surface area (Å²) in [7, 11) is 0. The van der Waals surface area contributed by atoms with Gasteiger partial charge >= 0.3 is 0 Å². The maximum Gasteiger partial charge on any atom is 0.0773 e. The summed E-state index contributed by atoms with van der Waals surface area (Å²) >= 11 is 0. The van der Waals surface area contributed by atoms with Crippen molar-refractivity contribution in [1.29, 1.82) is 0 Å². The molecule has 0 atom stereocenters. The average molecular weight is 288 g/mol. The fraction of sp³-hybridized carbons (Fsp3) is 1.00. The molecule has 20 heavy (non-hydrogen) atoms. The Hall–Kier alpha value is -0.110. The summed E-state index contributed by atoms with van der Waals surface area (Å²) in [5, 5.41) is 0. The van der Waals surface area contributed by atoms with E-state index in [4.69, 9.17) is 0 Å². The van der Waals surface area contributed by atoms with Crippen LogP contribution in [0, 0.1) is 5.92 Å². The molecular weight excluding hydrogens is 249 g/mol. The first-order valence-corrected chi connectivity index (χ1v) is 9.20. The van der Waals surface area contributed by atoms with Gasteiger partial charge in [-0.05, 0) is 31.6 Å². The van der Waals surface area contributed by atoms with Crippen molar-refractivity contribution in [2.45, 2.75) is 90.9 Å². The van der Waals surface area contributed by atoms with E-state index >= 15 is 0 Å². The van der Waals surface area contributed by atoms with Crippen molar-refractivity contribution in [2.75, 3.05) is 19.6 Å². The number of unbranched alkanes of at least 4 members (excludes halogenated alkanes) is 7. The Bertz CT molecular complexity index is 188. The molecule has 0 unspecified atom stereocenters. The van der Waals surface area contributed by atoms with E-state index in [2.05, 4.69) is 13.8 Å². The smallest absolute Gasteiger partial charge is 0.0773 e. The van der Waals surface area contributed by atoms with Gasteiger partial charge in [0.1, 0.15) is 0 Å². The van der Waals surface area contributed by atoms with Crippen LogP contribution in [0.1, 0.15) is 90.9 Å². The average Bonchev–Trinajstić information content (AvgIpc) is 2.44. The lowest BCUT2D eigenvalue weighted by Gasteiger charge is -2.29. The topological polar surface area (TPSA) is 4.44 Å². The summed E-state index contributed by atoms with van der Waals surface area (Å²) in [5.74, 6) is 1.06. The molecule has 1 heterocycles. The highest BCUT2D eigenvalue weighted by Gasteiger charge is 2.20. The SMILES string of the molecule is CCCCCCCCCC[NH+]1CCC(CCC)CC1.[F-]. The third kappa shape index (κ3) is 9.74. The Labute approximate surface area is 126 Å². The van der Waals surface area contributed by atoms with Crippen molar-refractivity contribution >= 4 is 0 Å². The number of rotatable bonds is 11. The van der Waals surface area contributed by atoms with Crippen LogP contribution in [0.2, 0.25) is 0 Å². The number of likely N-dealkylation sites (tertiary alicyclic amines) is 1. The zero-order valence-electron chi connectivity index (χ0n) is 14.1. The highest BCUT2D eigenvalue weighted by molar-refractivity contribution is 4.61. The molecule has 0 saturated carbocycles. The Morgan fingerprint density at radius 1 is 0.750 bits per heavy atom. The summed E-state index contributed by atoms with van der Waals surface area (Å²) in [6.07, 6.45) is 17.5. The van der Waals surface area contributed by atoms with Gasteiger partial charge in [0.25, 0.3) is 0 Å². The summed E-state index contributed by atoms with van der Waals surface area (Å²) in [5.41, 5.74) is 0. The first-order valence-electron chi connectivity index (χ1n) is 9.20. The first-order chi connectivity index (χ1) is 9.36. The normalized spacial score (nSPS) is 22.5. The number of nitrogens with one attached hydrogen (secondary N) is 1. The molecule has 1 fully saturated rings. The summed E-state index contributed by atoms with van der Waals surface area (Å²) in [6.45, 7) is 9.00. The molecule has 0 amide bonds. The molecule has 1 N–H and O–H groups in total. The molecular formula is C18H38FN. The van der Waals surface area contributed by atoms with Gasteiger partial charge in [0.2, 0.25) is 0 Å². The first kappa shape index (κ1) is 19.9. The van der Waals surface area contributed by atoms with Crippen LogP contribution in [0.25, 0.3) is 0 Å². The third-order valence-electron chi connectivity index (χ3n) is 4.89. The van der Waals surface area contributed by atoms with Gasteiger partial charge in [0.15, 0.2) is 0 Å². The predicted molar refractivity (Wildman–Crippen MR) is 85.8 cm³/mol. The standard InChI is InChI=1S/C18H37N.FH/c1-3-5-6-7-8-9-10-11-15-19-16-13-18(12-4-2)14-17-19;/h18H,3-17H2,1-2H3;1H. The lowest BCUT2D eigenvalue weighted by Crippen LogP contribution is -3.13. The van der Waals surface area contributed by atoms with Crippen molar-refractivity contribution in [2.24, 2.45) is 5.92 Å². The van der Waals surface area contributed by atoms with E-state index in [-0.39, 0.29) is 4.70 Å². The molecule has 0 aliphatic carbocycles. The molecule has 0 aromatic heterocycles. The van der Waals surface area contributed by atoms with Crippen LogP contribution in [-0.2, 0) is 0 Å². The van der Waals surface area contributed by atoms with E-state index < -0.39 is 0 Å². The van der Waals surface area contributed by atoms with Crippen LogP contribution in [0.4, 0.5) is 0 Å². The van der Waals surface area contributed by atoms with Crippen LogP contribution in [0.15, 0.2) is 0 Å². The maximum atomic E-state index is 2.33. The zero-order valence-corrected chi connectivity index (χ0v) is 14.1. The van der Waals surface area contributed by atoms with Gasteiger partial charge in [-0.2, -0.15) is 0 Å². The minimum absolute atomic E-state index is 0. The highest BCUT2D eigenvalue weighted by atomic mass is 19.0. The minimum Gasteiger partial charge on any atom is -1.00 e. The second kappa shape index (κ2) is 13.9. The van der Waals surface area contributed by atoms with E-state index in [0.717, 1.165) is 5.92 Å². The van der Waals surface area contributed by atoms with Crippen molar-refractivity contribution in [1.82, 2.24) is 0 Å². The quantitative estimate of drug-likeness (QED) is 0.545. The number of halogens is 1. The Morgan fingerprint density at radius 3 is 1.85 bits per heavy atom. The summed E-state index contributed by atoms with van der Waals surface area (Å²) in [6, 6.07) is 0. The summed E-state index contributed by atoms with van der Waals surface area (Å²) in [4.78, 5) is 1.90. The molecule has 0 radical (unpaired) electrons. The molecule has 0 aromatic carbocycles. The molecule has 1 rings (SSSR count). The monoisotopic (exact) mass is 287 g/mol. The van der Waals surface area contributed by atoms with Gasteiger partial charge in [-0.3, -0.25) is 0 Å². The maximum absolute atomic E-state index is 2.33. The molecule has 1 aliphatic rings. The second-order valence-electron chi connectivity index (χ2n) is 6.71. The van der Waals surface area contributed by atoms with Gasteiger partial charge in [-0.15, -0.1) is 0 Å². The van der Waals surface area contributed by atoms with Crippen LogP contribution in [0.3, 0.4) is 0 Å². The van der Waals surface area contributed by atoms with Crippen LogP contribution in [0.5, 0.6) is 0 Å². The largest absolute Gasteiger partial charge is 1.00 e. The Balaban J connectivity index is 0.00000361. The van der Waals surface area contributed by atoms with Crippen molar-refractivity contribution in [3.63, 3.8) is 0 Å². The fourth-order valence-electron chi connectivity index (χ4n) is 3.54. The van der Waals surface area contributed by atoms with E-state index in [1.54, 1.807) is 0 Å². The van der Waals surface area contributed by atoms with Gasteiger partial charge in [-0.25, -0.2) is 0 Å². The van der Waals surface area contributed by atoms with Crippen LogP contribution >= 0.6 is 0 Å². The van der Waals surface area contributed by atoms with Gasteiger partial charge in [0.05, 0.1) is 19.6 Å². The van der Waals surface area contributed by atoms with Crippen molar-refractivity contribution in [3.8, 4) is 0 Å². The van der Waals surface area contributed by atoms with Crippen molar-refractivity contribution in [3.05, 3.63) is 0 Å².